The van der Waals surface area contributed by atoms with E-state index in [4.69, 9.17) is 4.74 Å². The van der Waals surface area contributed by atoms with E-state index < -0.39 is 5.60 Å². The van der Waals surface area contributed by atoms with Crippen molar-refractivity contribution in [2.24, 2.45) is 0 Å². The molecule has 3 aromatic rings. The van der Waals surface area contributed by atoms with Gasteiger partial charge in [0.1, 0.15) is 12.4 Å². The van der Waals surface area contributed by atoms with Crippen molar-refractivity contribution >= 4 is 21.9 Å². The molecule has 0 amide bonds. The van der Waals surface area contributed by atoms with Crippen LogP contribution in [0.3, 0.4) is 0 Å². The Labute approximate surface area is 134 Å². The number of nitrogens with zero attached hydrogens (tertiary/aromatic N) is 3. The first kappa shape index (κ1) is 15.7. The number of fused-ring (bicyclic) bond motifs is 3. The maximum Gasteiger partial charge on any atom is 0.266 e. The SMILES string of the molecule is CCOCc1nc2c[n+](O)c3ccccc3c2n1CC(C)(C)O. The van der Waals surface area contributed by atoms with Gasteiger partial charge < -0.3 is 14.4 Å². The second-order valence-corrected chi connectivity index (χ2v) is 6.29. The summed E-state index contributed by atoms with van der Waals surface area (Å²) in [6.45, 7) is 6.81. The monoisotopic (exact) mass is 316 g/mol. The first-order valence-electron chi connectivity index (χ1n) is 7.72. The highest BCUT2D eigenvalue weighted by Crippen LogP contribution is 2.25. The third-order valence-corrected chi connectivity index (χ3v) is 3.70. The average Bonchev–Trinajstić information content (AvgIpc) is 2.81. The number of para-hydroxylation sites is 1. The predicted molar refractivity (Wildman–Crippen MR) is 86.2 cm³/mol. The lowest BCUT2D eigenvalue weighted by Crippen LogP contribution is -2.31. The maximum absolute atomic E-state index is 10.3. The number of hydrogen-bond donors (Lipinski definition) is 2. The van der Waals surface area contributed by atoms with Crippen LogP contribution in [0.2, 0.25) is 0 Å². The highest BCUT2D eigenvalue weighted by molar-refractivity contribution is 6.00. The van der Waals surface area contributed by atoms with Crippen LogP contribution in [-0.4, -0.2) is 32.1 Å². The molecule has 0 spiro atoms. The molecule has 0 atom stereocenters. The van der Waals surface area contributed by atoms with Gasteiger partial charge in [-0.15, -0.1) is 0 Å². The van der Waals surface area contributed by atoms with Gasteiger partial charge in [-0.2, -0.15) is 0 Å². The van der Waals surface area contributed by atoms with Crippen LogP contribution in [0.4, 0.5) is 0 Å². The first-order chi connectivity index (χ1) is 10.9. The lowest BCUT2D eigenvalue weighted by atomic mass is 10.1. The summed E-state index contributed by atoms with van der Waals surface area (Å²) >= 11 is 0. The van der Waals surface area contributed by atoms with Crippen molar-refractivity contribution in [2.75, 3.05) is 6.61 Å². The fraction of sp³-hybridized carbons (Fsp3) is 0.412. The molecule has 2 aromatic heterocycles. The van der Waals surface area contributed by atoms with Crippen molar-refractivity contribution in [2.45, 2.75) is 39.5 Å². The molecule has 23 heavy (non-hydrogen) atoms. The molecule has 0 aliphatic carbocycles. The van der Waals surface area contributed by atoms with Gasteiger partial charge in [-0.25, -0.2) is 4.98 Å². The van der Waals surface area contributed by atoms with E-state index in [9.17, 15) is 10.3 Å². The summed E-state index contributed by atoms with van der Waals surface area (Å²) in [5, 5.41) is 21.3. The molecule has 0 bridgehead atoms. The Balaban J connectivity index is 2.31. The van der Waals surface area contributed by atoms with Crippen LogP contribution in [0.5, 0.6) is 0 Å². The van der Waals surface area contributed by atoms with Gasteiger partial charge in [0.05, 0.1) is 23.0 Å². The fourth-order valence-corrected chi connectivity index (χ4v) is 2.81. The van der Waals surface area contributed by atoms with Crippen molar-refractivity contribution in [1.82, 2.24) is 9.55 Å². The molecule has 3 rings (SSSR count). The average molecular weight is 316 g/mol. The van der Waals surface area contributed by atoms with E-state index in [0.717, 1.165) is 21.5 Å². The molecule has 0 fully saturated rings. The Morgan fingerprint density at radius 1 is 1.30 bits per heavy atom. The highest BCUT2D eigenvalue weighted by Gasteiger charge is 2.24. The smallest absolute Gasteiger partial charge is 0.266 e. The van der Waals surface area contributed by atoms with E-state index in [2.05, 4.69) is 4.98 Å². The molecule has 1 aromatic carbocycles. The van der Waals surface area contributed by atoms with E-state index in [-0.39, 0.29) is 0 Å². The molecule has 122 valence electrons. The number of ether oxygens (including phenoxy) is 1. The topological polar surface area (TPSA) is 71.4 Å². The first-order valence-corrected chi connectivity index (χ1v) is 7.72. The summed E-state index contributed by atoms with van der Waals surface area (Å²) in [6.07, 6.45) is 1.59. The molecule has 2 N–H and O–H groups in total. The summed E-state index contributed by atoms with van der Waals surface area (Å²) in [5.74, 6) is 0.736. The molecule has 0 saturated heterocycles. The Kier molecular flexibility index (Phi) is 3.95. The maximum atomic E-state index is 10.3. The Hall–Kier alpha value is -2.18. The van der Waals surface area contributed by atoms with Gasteiger partial charge >= 0.3 is 0 Å². The molecule has 0 radical (unpaired) electrons. The Morgan fingerprint density at radius 2 is 2.04 bits per heavy atom. The minimum absolute atomic E-state index is 0.362. The zero-order valence-corrected chi connectivity index (χ0v) is 13.7. The second kappa shape index (κ2) is 5.79. The van der Waals surface area contributed by atoms with Crippen LogP contribution in [0.1, 0.15) is 26.6 Å². The highest BCUT2D eigenvalue weighted by atomic mass is 16.5. The number of aliphatic hydroxyl groups is 1. The molecule has 0 aliphatic heterocycles. The van der Waals surface area contributed by atoms with Gasteiger partial charge in [0.2, 0.25) is 0 Å². The van der Waals surface area contributed by atoms with Crippen molar-refractivity contribution < 1.29 is 19.8 Å². The number of imidazole rings is 1. The summed E-state index contributed by atoms with van der Waals surface area (Å²) < 4.78 is 8.58. The summed E-state index contributed by atoms with van der Waals surface area (Å²) in [7, 11) is 0. The third kappa shape index (κ3) is 3.00. The lowest BCUT2D eigenvalue weighted by molar-refractivity contribution is -0.883. The second-order valence-electron chi connectivity index (χ2n) is 6.29. The Bertz CT molecular complexity index is 850. The summed E-state index contributed by atoms with van der Waals surface area (Å²) in [6, 6.07) is 7.58. The van der Waals surface area contributed by atoms with Crippen LogP contribution in [0, 0.1) is 0 Å². The molecule has 0 saturated carbocycles. The number of benzene rings is 1. The van der Waals surface area contributed by atoms with Crippen LogP contribution in [-0.2, 0) is 17.9 Å². The van der Waals surface area contributed by atoms with Gasteiger partial charge in [0.25, 0.3) is 11.7 Å². The van der Waals surface area contributed by atoms with E-state index >= 15 is 0 Å². The normalized spacial score (nSPS) is 12.3. The standard InChI is InChI=1S/C17H22N3O3/c1-4-23-10-15-18-13-9-20(22)14-8-6-5-7-12(14)16(13)19(15)11-17(2,3)21/h5-9,21-22H,4,10-11H2,1-3H3/q+1. The molecule has 0 unspecified atom stereocenters. The molecule has 0 aliphatic rings. The Morgan fingerprint density at radius 3 is 2.74 bits per heavy atom. The van der Waals surface area contributed by atoms with Crippen LogP contribution < -0.4 is 4.73 Å². The number of aromatic nitrogens is 3. The van der Waals surface area contributed by atoms with Crippen molar-refractivity contribution in [3.8, 4) is 0 Å². The van der Waals surface area contributed by atoms with Crippen LogP contribution >= 0.6 is 0 Å². The van der Waals surface area contributed by atoms with Crippen molar-refractivity contribution in [1.29, 1.82) is 0 Å². The van der Waals surface area contributed by atoms with Gasteiger partial charge in [-0.3, -0.25) is 5.21 Å². The minimum Gasteiger partial charge on any atom is -0.389 e. The van der Waals surface area contributed by atoms with Gasteiger partial charge in [-0.1, -0.05) is 12.1 Å². The quantitative estimate of drug-likeness (QED) is 0.558. The van der Waals surface area contributed by atoms with E-state index in [1.165, 1.54) is 0 Å². The van der Waals surface area contributed by atoms with Crippen LogP contribution in [0.15, 0.2) is 30.5 Å². The van der Waals surface area contributed by atoms with E-state index in [1.54, 1.807) is 20.0 Å². The van der Waals surface area contributed by atoms with Crippen molar-refractivity contribution in [3.05, 3.63) is 36.3 Å². The van der Waals surface area contributed by atoms with E-state index in [1.807, 2.05) is 35.8 Å². The van der Waals surface area contributed by atoms with E-state index in [0.29, 0.717) is 30.8 Å². The minimum atomic E-state index is -0.888. The summed E-state index contributed by atoms with van der Waals surface area (Å²) in [4.78, 5) is 4.59. The van der Waals surface area contributed by atoms with Crippen LogP contribution in [0.25, 0.3) is 21.9 Å². The zero-order chi connectivity index (χ0) is 16.6. The number of rotatable bonds is 5. The van der Waals surface area contributed by atoms with Gasteiger partial charge in [0.15, 0.2) is 5.52 Å². The van der Waals surface area contributed by atoms with Crippen molar-refractivity contribution in [3.63, 3.8) is 0 Å². The van der Waals surface area contributed by atoms with Gasteiger partial charge in [0, 0.05) is 17.4 Å². The molecular formula is C17H22N3O3+. The summed E-state index contributed by atoms with van der Waals surface area (Å²) in [5.41, 5.74) is 1.37. The predicted octanol–water partition coefficient (Wildman–Crippen LogP) is 2.02. The number of pyridine rings is 1. The molecule has 6 heteroatoms. The fourth-order valence-electron chi connectivity index (χ4n) is 2.81. The third-order valence-electron chi connectivity index (χ3n) is 3.70. The molecular weight excluding hydrogens is 294 g/mol. The largest absolute Gasteiger partial charge is 0.389 e. The molecule has 6 nitrogen and oxygen atoms in total. The lowest BCUT2D eigenvalue weighted by Gasteiger charge is -2.20. The van der Waals surface area contributed by atoms with Gasteiger partial charge in [-0.05, 0) is 26.8 Å². The zero-order valence-electron chi connectivity index (χ0n) is 13.7. The molecule has 2 heterocycles. The number of hydrogen-bond acceptors (Lipinski definition) is 4.